The summed E-state index contributed by atoms with van der Waals surface area (Å²) in [6.07, 6.45) is 0.528. The number of nitrogens with zero attached hydrogens (tertiary/aromatic N) is 4. The van der Waals surface area contributed by atoms with E-state index < -0.39 is 0 Å². The van der Waals surface area contributed by atoms with Gasteiger partial charge in [-0.25, -0.2) is 0 Å². The predicted octanol–water partition coefficient (Wildman–Crippen LogP) is 2.29. The number of carbonyl (C=O) groups is 2. The SMILES string of the molecule is CCOC=O.COc1cc(Cl)nc(OC)n1.COc1nc(Cl)c(C=O)c(OC)n1. The van der Waals surface area contributed by atoms with Crippen molar-refractivity contribution in [3.63, 3.8) is 0 Å². The lowest BCUT2D eigenvalue weighted by Crippen LogP contribution is -2.00. The second kappa shape index (κ2) is 15.1. The lowest BCUT2D eigenvalue weighted by atomic mass is 10.3. The highest BCUT2D eigenvalue weighted by atomic mass is 35.5. The Morgan fingerprint density at radius 1 is 0.897 bits per heavy atom. The molecule has 160 valence electrons. The Kier molecular flexibility index (Phi) is 13.5. The molecule has 0 aliphatic carbocycles. The van der Waals surface area contributed by atoms with Crippen LogP contribution >= 0.6 is 23.2 Å². The topological polar surface area (TPSA) is 132 Å². The number of hydrogen-bond donors (Lipinski definition) is 0. The van der Waals surface area contributed by atoms with Gasteiger partial charge in [0.2, 0.25) is 11.8 Å². The van der Waals surface area contributed by atoms with Crippen molar-refractivity contribution in [2.24, 2.45) is 0 Å². The van der Waals surface area contributed by atoms with Gasteiger partial charge < -0.3 is 23.7 Å². The molecule has 0 bridgehead atoms. The maximum atomic E-state index is 10.5. The highest BCUT2D eigenvalue weighted by molar-refractivity contribution is 6.32. The van der Waals surface area contributed by atoms with Gasteiger partial charge in [-0.3, -0.25) is 9.59 Å². The summed E-state index contributed by atoms with van der Waals surface area (Å²) in [5.41, 5.74) is 0.116. The van der Waals surface area contributed by atoms with Crippen LogP contribution in [0.15, 0.2) is 6.07 Å². The second-order valence-electron chi connectivity index (χ2n) is 4.31. The molecule has 11 nitrogen and oxygen atoms in total. The van der Waals surface area contributed by atoms with Crippen molar-refractivity contribution in [3.05, 3.63) is 21.9 Å². The maximum absolute atomic E-state index is 10.5. The third-order valence-electron chi connectivity index (χ3n) is 2.61. The van der Waals surface area contributed by atoms with E-state index in [1.54, 1.807) is 6.92 Å². The number of aromatic nitrogens is 4. The first-order chi connectivity index (χ1) is 13.9. The van der Waals surface area contributed by atoms with Crippen molar-refractivity contribution in [1.29, 1.82) is 0 Å². The molecule has 0 aliphatic rings. The molecule has 2 heterocycles. The summed E-state index contributed by atoms with van der Waals surface area (Å²) < 4.78 is 23.3. The van der Waals surface area contributed by atoms with Gasteiger partial charge in [0.1, 0.15) is 10.7 Å². The number of halogens is 2. The van der Waals surface area contributed by atoms with Crippen molar-refractivity contribution in [2.45, 2.75) is 6.92 Å². The van der Waals surface area contributed by atoms with E-state index >= 15 is 0 Å². The number of methoxy groups -OCH3 is 4. The first kappa shape index (κ1) is 26.1. The van der Waals surface area contributed by atoms with Crippen molar-refractivity contribution in [1.82, 2.24) is 19.9 Å². The smallest absolute Gasteiger partial charge is 0.320 e. The van der Waals surface area contributed by atoms with E-state index in [9.17, 15) is 9.59 Å². The fourth-order valence-corrected chi connectivity index (χ4v) is 1.75. The summed E-state index contributed by atoms with van der Waals surface area (Å²) in [5, 5.41) is 0.312. The van der Waals surface area contributed by atoms with Gasteiger partial charge >= 0.3 is 12.0 Å². The van der Waals surface area contributed by atoms with Gasteiger partial charge in [-0.15, -0.1) is 0 Å². The molecule has 0 aromatic carbocycles. The van der Waals surface area contributed by atoms with Crippen molar-refractivity contribution in [2.75, 3.05) is 35.0 Å². The van der Waals surface area contributed by atoms with Crippen LogP contribution < -0.4 is 18.9 Å². The molecule has 0 atom stereocenters. The van der Waals surface area contributed by atoms with Crippen molar-refractivity contribution < 1.29 is 33.3 Å². The van der Waals surface area contributed by atoms with Gasteiger partial charge in [0.25, 0.3) is 6.47 Å². The monoisotopic (exact) mass is 450 g/mol. The molecule has 2 rings (SSSR count). The fourth-order valence-electron chi connectivity index (χ4n) is 1.39. The number of hydrogen-bond acceptors (Lipinski definition) is 11. The number of aldehydes is 1. The zero-order valence-electron chi connectivity index (χ0n) is 16.3. The zero-order chi connectivity index (χ0) is 22.2. The normalized spacial score (nSPS) is 8.93. The highest BCUT2D eigenvalue weighted by Crippen LogP contribution is 2.23. The Morgan fingerprint density at radius 2 is 1.52 bits per heavy atom. The second-order valence-corrected chi connectivity index (χ2v) is 5.06. The molecule has 0 amide bonds. The van der Waals surface area contributed by atoms with Crippen LogP contribution in [0.1, 0.15) is 17.3 Å². The van der Waals surface area contributed by atoms with Gasteiger partial charge in [-0.05, 0) is 6.92 Å². The minimum Gasteiger partial charge on any atom is -0.481 e. The first-order valence-electron chi connectivity index (χ1n) is 7.69. The fraction of sp³-hybridized carbons (Fsp3) is 0.375. The molecule has 0 aliphatic heterocycles. The van der Waals surface area contributed by atoms with E-state index in [-0.39, 0.29) is 28.6 Å². The van der Waals surface area contributed by atoms with E-state index in [2.05, 4.69) is 24.7 Å². The lowest BCUT2D eigenvalue weighted by molar-refractivity contribution is -0.128. The molecular weight excluding hydrogens is 431 g/mol. The molecular formula is C16H20Cl2N4O7. The first-order valence-corrected chi connectivity index (χ1v) is 8.44. The molecule has 13 heteroatoms. The van der Waals surface area contributed by atoms with Gasteiger partial charge in [0.05, 0.1) is 35.0 Å². The Bertz CT molecular complexity index is 759. The summed E-state index contributed by atoms with van der Waals surface area (Å²) in [6.45, 7) is 2.66. The van der Waals surface area contributed by atoms with Crippen LogP contribution in [0.2, 0.25) is 10.3 Å². The molecule has 0 saturated carbocycles. The summed E-state index contributed by atoms with van der Waals surface area (Å²) in [7, 11) is 5.74. The molecule has 0 saturated heterocycles. The van der Waals surface area contributed by atoms with Crippen LogP contribution in [0.3, 0.4) is 0 Å². The minimum atomic E-state index is 0.0127. The van der Waals surface area contributed by atoms with Crippen LogP contribution in [-0.4, -0.2) is 67.7 Å². The molecule has 0 fully saturated rings. The summed E-state index contributed by atoms with van der Waals surface area (Å²) in [6, 6.07) is 1.77. The van der Waals surface area contributed by atoms with Crippen LogP contribution in [0, 0.1) is 0 Å². The summed E-state index contributed by atoms with van der Waals surface area (Å²) in [4.78, 5) is 34.7. The molecule has 0 spiro atoms. The number of ether oxygens (including phenoxy) is 5. The van der Waals surface area contributed by atoms with Crippen LogP contribution in [0.25, 0.3) is 0 Å². The Morgan fingerprint density at radius 3 is 1.93 bits per heavy atom. The third kappa shape index (κ3) is 9.72. The summed E-state index contributed by atoms with van der Waals surface area (Å²) >= 11 is 11.2. The minimum absolute atomic E-state index is 0.0127. The van der Waals surface area contributed by atoms with E-state index in [4.69, 9.17) is 42.1 Å². The third-order valence-corrected chi connectivity index (χ3v) is 3.10. The van der Waals surface area contributed by atoms with Gasteiger partial charge in [0, 0.05) is 6.07 Å². The van der Waals surface area contributed by atoms with Crippen molar-refractivity contribution in [3.8, 4) is 23.8 Å². The van der Waals surface area contributed by atoms with E-state index in [0.29, 0.717) is 30.4 Å². The molecule has 0 radical (unpaired) electrons. The van der Waals surface area contributed by atoms with E-state index in [1.807, 2.05) is 0 Å². The van der Waals surface area contributed by atoms with Gasteiger partial charge in [-0.1, -0.05) is 23.2 Å². The van der Waals surface area contributed by atoms with Crippen LogP contribution in [-0.2, 0) is 9.53 Å². The molecule has 0 N–H and O–H groups in total. The van der Waals surface area contributed by atoms with Crippen LogP contribution in [0.4, 0.5) is 0 Å². The number of rotatable bonds is 7. The predicted molar refractivity (Wildman–Crippen MR) is 103 cm³/mol. The highest BCUT2D eigenvalue weighted by Gasteiger charge is 2.12. The Labute approximate surface area is 177 Å². The summed E-state index contributed by atoms with van der Waals surface area (Å²) in [5.74, 6) is 0.494. The lowest BCUT2D eigenvalue weighted by Gasteiger charge is -2.04. The van der Waals surface area contributed by atoms with Crippen molar-refractivity contribution >= 4 is 36.0 Å². The Balaban J connectivity index is 0.000000445. The molecule has 0 unspecified atom stereocenters. The number of carbonyl (C=O) groups excluding carboxylic acids is 2. The molecule has 2 aromatic rings. The average molecular weight is 451 g/mol. The zero-order valence-corrected chi connectivity index (χ0v) is 17.9. The maximum Gasteiger partial charge on any atom is 0.320 e. The standard InChI is InChI=1S/C7H7ClN2O3.C6H7ClN2O2.C3H6O2/c1-12-6-4(3-11)5(8)9-7(10-6)13-2;1-10-5-3-4(7)8-6(9-5)11-2;1-2-5-3-4/h3H,1-2H3;3H,1-2H3;3H,2H2,1H3. The largest absolute Gasteiger partial charge is 0.481 e. The Hall–Kier alpha value is -2.92. The molecule has 29 heavy (non-hydrogen) atoms. The van der Waals surface area contributed by atoms with E-state index in [1.165, 1.54) is 34.5 Å². The average Bonchev–Trinajstić information content (AvgIpc) is 2.73. The molecule has 2 aromatic heterocycles. The van der Waals surface area contributed by atoms with Gasteiger partial charge in [-0.2, -0.15) is 19.9 Å². The quantitative estimate of drug-likeness (QED) is 0.454. The van der Waals surface area contributed by atoms with E-state index in [0.717, 1.165) is 0 Å². The van der Waals surface area contributed by atoms with Gasteiger partial charge in [0.15, 0.2) is 11.4 Å². The van der Waals surface area contributed by atoms with Crippen LogP contribution in [0.5, 0.6) is 23.8 Å².